The molecule has 0 radical (unpaired) electrons. The Morgan fingerprint density at radius 1 is 0.804 bits per heavy atom. The van der Waals surface area contributed by atoms with Gasteiger partial charge in [0.2, 0.25) is 5.91 Å². The van der Waals surface area contributed by atoms with E-state index >= 15 is 0 Å². The van der Waals surface area contributed by atoms with Gasteiger partial charge >= 0.3 is 0 Å². The van der Waals surface area contributed by atoms with Gasteiger partial charge in [-0.15, -0.1) is 0 Å². The molecule has 1 heterocycles. The zero-order valence-electron chi connectivity index (χ0n) is 27.9. The first-order valence-corrected chi connectivity index (χ1v) is 16.2. The van der Waals surface area contributed by atoms with Crippen LogP contribution in [0.2, 0.25) is 0 Å². The molecule has 46 heavy (non-hydrogen) atoms. The van der Waals surface area contributed by atoms with Crippen LogP contribution in [0.15, 0.2) is 97.2 Å². The zero-order valence-corrected chi connectivity index (χ0v) is 27.9. The molecule has 1 aromatic heterocycles. The van der Waals surface area contributed by atoms with E-state index in [2.05, 4.69) is 27.9 Å². The summed E-state index contributed by atoms with van der Waals surface area (Å²) in [7, 11) is 0. The van der Waals surface area contributed by atoms with Crippen molar-refractivity contribution in [2.75, 3.05) is 18.8 Å². The summed E-state index contributed by atoms with van der Waals surface area (Å²) >= 11 is 0. The molecule has 0 saturated carbocycles. The molecule has 0 aliphatic carbocycles. The minimum absolute atomic E-state index is 0.0683. The molecule has 8 nitrogen and oxygen atoms in total. The van der Waals surface area contributed by atoms with Crippen molar-refractivity contribution in [1.29, 1.82) is 0 Å². The molecule has 0 aliphatic heterocycles. The summed E-state index contributed by atoms with van der Waals surface area (Å²) in [5, 5.41) is 19.7. The lowest BCUT2D eigenvalue weighted by atomic mass is 10.0. The van der Waals surface area contributed by atoms with Crippen LogP contribution in [0.25, 0.3) is 0 Å². The molecule has 0 fully saturated rings. The average molecular weight is 626 g/mol. The lowest BCUT2D eigenvalue weighted by Gasteiger charge is -2.18. The number of aliphatic hydroxyl groups excluding tert-OH is 1. The van der Waals surface area contributed by atoms with Crippen molar-refractivity contribution in [2.45, 2.75) is 72.6 Å². The first kappa shape index (κ1) is 37.7. The molecule has 2 atom stereocenters. The lowest BCUT2D eigenvalue weighted by molar-refractivity contribution is -0.120. The van der Waals surface area contributed by atoms with Crippen molar-refractivity contribution >= 4 is 17.6 Å². The van der Waals surface area contributed by atoms with E-state index in [1.165, 1.54) is 5.56 Å². The molecule has 2 unspecified atom stereocenters. The van der Waals surface area contributed by atoms with Gasteiger partial charge in [-0.05, 0) is 60.2 Å². The van der Waals surface area contributed by atoms with Crippen LogP contribution < -0.4 is 21.7 Å². The second-order valence-electron chi connectivity index (χ2n) is 10.5. The highest BCUT2D eigenvalue weighted by atomic mass is 16.3. The molecular weight excluding hydrogens is 574 g/mol. The molecule has 0 bridgehead atoms. The minimum Gasteiger partial charge on any atom is -0.387 e. The van der Waals surface area contributed by atoms with Gasteiger partial charge in [0, 0.05) is 43.0 Å². The number of nitrogens with two attached hydrogens (primary N) is 1. The van der Waals surface area contributed by atoms with Gasteiger partial charge in [0.15, 0.2) is 0 Å². The van der Waals surface area contributed by atoms with Gasteiger partial charge < -0.3 is 26.8 Å². The van der Waals surface area contributed by atoms with Crippen LogP contribution >= 0.6 is 0 Å². The Hall–Kier alpha value is -4.53. The molecule has 0 aliphatic rings. The number of nitrogens with one attached hydrogen (secondary N) is 3. The summed E-state index contributed by atoms with van der Waals surface area (Å²) < 4.78 is 0. The first-order chi connectivity index (χ1) is 22.4. The molecule has 4 rings (SSSR count). The molecule has 2 amide bonds. The highest BCUT2D eigenvalue weighted by molar-refractivity contribution is 5.94. The first-order valence-electron chi connectivity index (χ1n) is 16.2. The summed E-state index contributed by atoms with van der Waals surface area (Å²) in [6.45, 7) is 11.4. The van der Waals surface area contributed by atoms with E-state index < -0.39 is 6.10 Å². The number of nitrogens with zero attached hydrogens (tertiary/aromatic N) is 1. The predicted octanol–water partition coefficient (Wildman–Crippen LogP) is 5.80. The second-order valence-corrected chi connectivity index (χ2v) is 10.5. The van der Waals surface area contributed by atoms with Crippen molar-refractivity contribution in [2.24, 2.45) is 0 Å². The van der Waals surface area contributed by atoms with Crippen molar-refractivity contribution in [3.8, 4) is 0 Å². The normalized spacial score (nSPS) is 11.5. The standard InChI is InChI=1S/C34H39N5O3.2C2H6/c1-24(37-23-31(40)30-14-15-32(35)38-22-30)18-27-8-5-9-28(19-27)20-33(41)39-21-26-10-12-29(13-11-26)34(42)36-17-16-25-6-3-2-4-7-25;2*1-2/h2-15,19,22,24,31,37,40H,16-18,20-21,23H2,1H3,(H2,35,38)(H,36,42)(H,39,41);2*1-2H3. The van der Waals surface area contributed by atoms with Crippen LogP contribution in [-0.4, -0.2) is 41.0 Å². The summed E-state index contributed by atoms with van der Waals surface area (Å²) in [6, 6.07) is 28.9. The van der Waals surface area contributed by atoms with Gasteiger partial charge in [-0.25, -0.2) is 4.98 Å². The Morgan fingerprint density at radius 3 is 2.15 bits per heavy atom. The van der Waals surface area contributed by atoms with Gasteiger partial charge in [-0.1, -0.05) is 100 Å². The SMILES string of the molecule is CC.CC.CC(Cc1cccc(CC(=O)NCc2ccc(C(=O)NCCc3ccccc3)cc2)c1)NCC(O)c1ccc(N)nc1. The third-order valence-corrected chi connectivity index (χ3v) is 7.00. The van der Waals surface area contributed by atoms with Crippen molar-refractivity contribution in [3.63, 3.8) is 0 Å². The predicted molar refractivity (Wildman–Crippen MR) is 188 cm³/mol. The summed E-state index contributed by atoms with van der Waals surface area (Å²) in [6.07, 6.45) is 2.73. The Balaban J connectivity index is 0.00000177. The van der Waals surface area contributed by atoms with Crippen molar-refractivity contribution in [3.05, 3.63) is 131 Å². The highest BCUT2D eigenvalue weighted by Gasteiger charge is 2.12. The van der Waals surface area contributed by atoms with E-state index in [0.29, 0.717) is 36.6 Å². The molecule has 4 aromatic rings. The molecule has 0 spiro atoms. The summed E-state index contributed by atoms with van der Waals surface area (Å²) in [5.74, 6) is 0.244. The number of pyridine rings is 1. The number of carbonyl (C=O) groups excluding carboxylic acids is 2. The third-order valence-electron chi connectivity index (χ3n) is 7.00. The Labute approximate surface area is 274 Å². The highest BCUT2D eigenvalue weighted by Crippen LogP contribution is 2.13. The van der Waals surface area contributed by atoms with Crippen molar-refractivity contribution in [1.82, 2.24) is 20.9 Å². The van der Waals surface area contributed by atoms with Crippen LogP contribution in [0.4, 0.5) is 5.82 Å². The zero-order chi connectivity index (χ0) is 33.7. The van der Waals surface area contributed by atoms with Crippen molar-refractivity contribution < 1.29 is 14.7 Å². The number of benzene rings is 3. The van der Waals surface area contributed by atoms with Gasteiger partial charge in [-0.3, -0.25) is 9.59 Å². The van der Waals surface area contributed by atoms with Gasteiger partial charge in [-0.2, -0.15) is 0 Å². The number of aromatic nitrogens is 1. The topological polar surface area (TPSA) is 129 Å². The monoisotopic (exact) mass is 625 g/mol. The summed E-state index contributed by atoms with van der Waals surface area (Å²) in [4.78, 5) is 29.1. The lowest BCUT2D eigenvalue weighted by Crippen LogP contribution is -2.32. The number of nitrogen functional groups attached to an aromatic ring is 1. The number of hydrogen-bond acceptors (Lipinski definition) is 6. The quantitative estimate of drug-likeness (QED) is 0.120. The molecule has 246 valence electrons. The van der Waals surface area contributed by atoms with Crippen LogP contribution in [0.1, 0.15) is 78.9 Å². The average Bonchev–Trinajstić information content (AvgIpc) is 3.09. The Kier molecular flexibility index (Phi) is 17.4. The smallest absolute Gasteiger partial charge is 0.251 e. The number of carbonyl (C=O) groups is 2. The van der Waals surface area contributed by atoms with E-state index in [1.54, 1.807) is 30.5 Å². The minimum atomic E-state index is -0.672. The number of hydrogen-bond donors (Lipinski definition) is 5. The van der Waals surface area contributed by atoms with Crippen LogP contribution in [0.5, 0.6) is 0 Å². The molecular formula is C38H51N5O3. The largest absolute Gasteiger partial charge is 0.387 e. The van der Waals surface area contributed by atoms with Crippen LogP contribution in [-0.2, 0) is 30.6 Å². The molecule has 0 saturated heterocycles. The maximum absolute atomic E-state index is 12.6. The van der Waals surface area contributed by atoms with Gasteiger partial charge in [0.25, 0.3) is 5.91 Å². The maximum Gasteiger partial charge on any atom is 0.251 e. The van der Waals surface area contributed by atoms with Crippen LogP contribution in [0, 0.1) is 0 Å². The third kappa shape index (κ3) is 13.6. The summed E-state index contributed by atoms with van der Waals surface area (Å²) in [5.41, 5.74) is 11.1. The van der Waals surface area contributed by atoms with Crippen LogP contribution in [0.3, 0.4) is 0 Å². The molecule has 3 aromatic carbocycles. The number of anilines is 1. The van der Waals surface area contributed by atoms with E-state index in [1.807, 2.05) is 94.4 Å². The fourth-order valence-electron chi connectivity index (χ4n) is 4.63. The van der Waals surface area contributed by atoms with E-state index in [-0.39, 0.29) is 24.3 Å². The molecule has 6 N–H and O–H groups in total. The maximum atomic E-state index is 12.6. The Bertz CT molecular complexity index is 1430. The number of aliphatic hydroxyl groups is 1. The van der Waals surface area contributed by atoms with E-state index in [0.717, 1.165) is 29.5 Å². The fourth-order valence-corrected chi connectivity index (χ4v) is 4.63. The van der Waals surface area contributed by atoms with E-state index in [4.69, 9.17) is 5.73 Å². The number of rotatable bonds is 14. The number of amides is 2. The second kappa shape index (κ2) is 21.2. The van der Waals surface area contributed by atoms with E-state index in [9.17, 15) is 14.7 Å². The molecule has 8 heteroatoms. The van der Waals surface area contributed by atoms with Gasteiger partial charge in [0.1, 0.15) is 5.82 Å². The fraction of sp³-hybridized carbons (Fsp3) is 0.342. The van der Waals surface area contributed by atoms with Gasteiger partial charge in [0.05, 0.1) is 12.5 Å². The Morgan fingerprint density at radius 2 is 1.48 bits per heavy atom.